The number of anilines is 1. The molecule has 0 spiro atoms. The fourth-order valence-electron chi connectivity index (χ4n) is 3.32. The van der Waals surface area contributed by atoms with Crippen LogP contribution in [0.3, 0.4) is 0 Å². The Labute approximate surface area is 210 Å². The van der Waals surface area contributed by atoms with E-state index in [0.29, 0.717) is 33.3 Å². The molecule has 10 heteroatoms. The van der Waals surface area contributed by atoms with Crippen LogP contribution in [0.2, 0.25) is 5.02 Å². The van der Waals surface area contributed by atoms with Crippen LogP contribution in [-0.2, 0) is 14.8 Å². The third-order valence-corrected chi connectivity index (χ3v) is 7.16. The molecule has 3 aromatic rings. The lowest BCUT2D eigenvalue weighted by atomic mass is 10.2. The molecule has 8 nitrogen and oxygen atoms in total. The second kappa shape index (κ2) is 11.2. The van der Waals surface area contributed by atoms with Crippen molar-refractivity contribution in [2.75, 3.05) is 25.1 Å². The van der Waals surface area contributed by atoms with Crippen LogP contribution in [0.1, 0.15) is 16.7 Å². The molecule has 0 aliphatic carbocycles. The molecule has 0 saturated heterocycles. The molecule has 0 aliphatic rings. The molecule has 0 bridgehead atoms. The first-order valence-corrected chi connectivity index (χ1v) is 12.4. The van der Waals surface area contributed by atoms with E-state index in [4.69, 9.17) is 21.1 Å². The Hall–Kier alpha value is -3.56. The topological polar surface area (TPSA) is 97.3 Å². The normalized spacial score (nSPS) is 11.3. The van der Waals surface area contributed by atoms with E-state index in [-0.39, 0.29) is 4.90 Å². The number of ether oxygens (including phenoxy) is 2. The lowest BCUT2D eigenvalue weighted by molar-refractivity contribution is -0.119. The monoisotopic (exact) mass is 515 g/mol. The van der Waals surface area contributed by atoms with Crippen molar-refractivity contribution in [3.8, 4) is 11.5 Å². The molecule has 0 fully saturated rings. The molecule has 0 saturated carbocycles. The van der Waals surface area contributed by atoms with Crippen LogP contribution in [0.4, 0.5) is 5.69 Å². The van der Waals surface area contributed by atoms with E-state index in [1.54, 1.807) is 55.5 Å². The summed E-state index contributed by atoms with van der Waals surface area (Å²) < 4.78 is 38.6. The summed E-state index contributed by atoms with van der Waals surface area (Å²) in [6.45, 7) is 3.09. The Bertz CT molecular complexity index is 1340. The number of benzene rings is 3. The Morgan fingerprint density at radius 2 is 1.74 bits per heavy atom. The maximum atomic E-state index is 13.5. The minimum atomic E-state index is -4.06. The molecule has 1 amide bonds. The van der Waals surface area contributed by atoms with Crippen molar-refractivity contribution in [1.29, 1.82) is 0 Å². The van der Waals surface area contributed by atoms with Gasteiger partial charge in [0.2, 0.25) is 0 Å². The predicted octanol–water partition coefficient (Wildman–Crippen LogP) is 4.32. The maximum absolute atomic E-state index is 13.5. The largest absolute Gasteiger partial charge is 0.497 e. The van der Waals surface area contributed by atoms with Gasteiger partial charge in [-0.3, -0.25) is 9.10 Å². The molecule has 35 heavy (non-hydrogen) atoms. The molecule has 0 radical (unpaired) electrons. The maximum Gasteiger partial charge on any atom is 0.264 e. The van der Waals surface area contributed by atoms with E-state index in [1.165, 1.54) is 32.6 Å². The highest BCUT2D eigenvalue weighted by molar-refractivity contribution is 7.92. The van der Waals surface area contributed by atoms with Gasteiger partial charge in [-0.1, -0.05) is 29.3 Å². The number of hydrogen-bond acceptors (Lipinski definition) is 6. The van der Waals surface area contributed by atoms with E-state index in [1.807, 2.05) is 6.92 Å². The van der Waals surface area contributed by atoms with Gasteiger partial charge in [0.1, 0.15) is 18.0 Å². The molecule has 0 aliphatic heterocycles. The number of hydrazone groups is 1. The van der Waals surface area contributed by atoms with Crippen LogP contribution >= 0.6 is 11.6 Å². The average molecular weight is 516 g/mol. The van der Waals surface area contributed by atoms with E-state index >= 15 is 0 Å². The molecular weight excluding hydrogens is 490 g/mol. The zero-order valence-electron chi connectivity index (χ0n) is 19.8. The number of sulfonamides is 1. The van der Waals surface area contributed by atoms with Crippen molar-refractivity contribution in [1.82, 2.24) is 5.43 Å². The van der Waals surface area contributed by atoms with Gasteiger partial charge in [-0.15, -0.1) is 0 Å². The Morgan fingerprint density at radius 3 is 2.37 bits per heavy atom. The molecule has 3 rings (SSSR count). The van der Waals surface area contributed by atoms with Crippen molar-refractivity contribution < 1.29 is 22.7 Å². The number of rotatable bonds is 9. The van der Waals surface area contributed by atoms with E-state index in [2.05, 4.69) is 10.5 Å². The minimum absolute atomic E-state index is 0.0647. The third kappa shape index (κ3) is 6.32. The summed E-state index contributed by atoms with van der Waals surface area (Å²) in [7, 11) is -1.01. The van der Waals surface area contributed by atoms with Crippen LogP contribution in [0.15, 0.2) is 70.7 Å². The molecule has 1 N–H and O–H groups in total. The number of nitrogens with zero attached hydrogens (tertiary/aromatic N) is 2. The molecule has 0 heterocycles. The third-order valence-electron chi connectivity index (χ3n) is 5.15. The van der Waals surface area contributed by atoms with Gasteiger partial charge in [0.15, 0.2) is 0 Å². The molecule has 0 atom stereocenters. The van der Waals surface area contributed by atoms with Gasteiger partial charge in [-0.05, 0) is 67.9 Å². The molecule has 0 unspecified atom stereocenters. The van der Waals surface area contributed by atoms with Gasteiger partial charge < -0.3 is 9.47 Å². The lowest BCUT2D eigenvalue weighted by Gasteiger charge is -2.25. The van der Waals surface area contributed by atoms with Gasteiger partial charge in [-0.25, -0.2) is 13.8 Å². The highest BCUT2D eigenvalue weighted by Crippen LogP contribution is 2.29. The number of halogens is 1. The van der Waals surface area contributed by atoms with Gasteiger partial charge in [0.25, 0.3) is 15.9 Å². The number of aryl methyl sites for hydroxylation is 2. The van der Waals surface area contributed by atoms with Crippen molar-refractivity contribution in [2.24, 2.45) is 5.10 Å². The zero-order chi connectivity index (χ0) is 25.6. The highest BCUT2D eigenvalue weighted by Gasteiger charge is 2.28. The van der Waals surface area contributed by atoms with E-state index in [0.717, 1.165) is 9.87 Å². The average Bonchev–Trinajstić information content (AvgIpc) is 2.83. The number of carbonyl (C=O) groups excluding carboxylic acids is 1. The number of carbonyl (C=O) groups is 1. The first-order valence-electron chi connectivity index (χ1n) is 10.5. The van der Waals surface area contributed by atoms with Crippen molar-refractivity contribution in [3.63, 3.8) is 0 Å². The number of hydrogen-bond donors (Lipinski definition) is 1. The summed E-state index contributed by atoms with van der Waals surface area (Å²) >= 11 is 6.06. The fourth-order valence-corrected chi connectivity index (χ4v) is 5.03. The van der Waals surface area contributed by atoms with Crippen LogP contribution in [-0.4, -0.2) is 41.3 Å². The minimum Gasteiger partial charge on any atom is -0.497 e. The smallest absolute Gasteiger partial charge is 0.264 e. The number of amides is 1. The highest BCUT2D eigenvalue weighted by atomic mass is 35.5. The molecule has 184 valence electrons. The first-order chi connectivity index (χ1) is 16.6. The molecule has 0 aromatic heterocycles. The summed E-state index contributed by atoms with van der Waals surface area (Å²) in [4.78, 5) is 12.9. The quantitative estimate of drug-likeness (QED) is 0.338. The predicted molar refractivity (Wildman–Crippen MR) is 137 cm³/mol. The second-order valence-corrected chi connectivity index (χ2v) is 9.96. The first kappa shape index (κ1) is 26.1. The standard InChI is InChI=1S/C25H26ClN3O5S/c1-17-5-9-22(10-6-17)35(31,32)29(23-11-7-20(26)13-18(23)2)16-25(30)28-27-15-19-14-21(33-3)8-12-24(19)34-4/h5-15H,16H2,1-4H3,(H,28,30)/b27-15+. The Kier molecular flexibility index (Phi) is 8.37. The summed E-state index contributed by atoms with van der Waals surface area (Å²) in [5, 5.41) is 4.43. The van der Waals surface area contributed by atoms with Crippen molar-refractivity contribution >= 4 is 39.4 Å². The SMILES string of the molecule is COc1ccc(OC)c(/C=N/NC(=O)CN(c2ccc(Cl)cc2C)S(=O)(=O)c2ccc(C)cc2)c1. The van der Waals surface area contributed by atoms with E-state index in [9.17, 15) is 13.2 Å². The number of nitrogens with one attached hydrogen (secondary N) is 1. The van der Waals surface area contributed by atoms with Crippen LogP contribution in [0, 0.1) is 13.8 Å². The number of methoxy groups -OCH3 is 2. The second-order valence-electron chi connectivity index (χ2n) is 7.66. The van der Waals surface area contributed by atoms with Gasteiger partial charge >= 0.3 is 0 Å². The molecular formula is C25H26ClN3O5S. The van der Waals surface area contributed by atoms with Crippen molar-refractivity contribution in [3.05, 3.63) is 82.4 Å². The Balaban J connectivity index is 1.89. The van der Waals surface area contributed by atoms with E-state index < -0.39 is 22.5 Å². The van der Waals surface area contributed by atoms with Gasteiger partial charge in [0.05, 0.1) is 31.0 Å². The van der Waals surface area contributed by atoms with Crippen LogP contribution in [0.5, 0.6) is 11.5 Å². The Morgan fingerprint density at radius 1 is 1.03 bits per heavy atom. The zero-order valence-corrected chi connectivity index (χ0v) is 21.4. The van der Waals surface area contributed by atoms with Gasteiger partial charge in [0, 0.05) is 10.6 Å². The lowest BCUT2D eigenvalue weighted by Crippen LogP contribution is -2.40. The summed E-state index contributed by atoms with van der Waals surface area (Å²) in [6, 6.07) is 16.3. The fraction of sp³-hybridized carbons (Fsp3) is 0.200. The summed E-state index contributed by atoms with van der Waals surface area (Å²) in [6.07, 6.45) is 1.39. The summed E-state index contributed by atoms with van der Waals surface area (Å²) in [5.74, 6) is 0.490. The van der Waals surface area contributed by atoms with Crippen LogP contribution < -0.4 is 19.2 Å². The summed E-state index contributed by atoms with van der Waals surface area (Å²) in [5.41, 5.74) is 4.81. The van der Waals surface area contributed by atoms with Crippen LogP contribution in [0.25, 0.3) is 0 Å². The van der Waals surface area contributed by atoms with Crippen molar-refractivity contribution in [2.45, 2.75) is 18.7 Å². The van der Waals surface area contributed by atoms with Gasteiger partial charge in [-0.2, -0.15) is 5.10 Å². The molecule has 3 aromatic carbocycles.